The third kappa shape index (κ3) is 1.78. The van der Waals surface area contributed by atoms with Crippen LogP contribution >= 0.6 is 22.9 Å². The van der Waals surface area contributed by atoms with Crippen LogP contribution in [-0.2, 0) is 13.5 Å². The first-order valence-corrected chi connectivity index (χ1v) is 5.58. The molecule has 0 amide bonds. The minimum absolute atomic E-state index is 0.604. The van der Waals surface area contributed by atoms with Crippen molar-refractivity contribution in [1.29, 1.82) is 0 Å². The van der Waals surface area contributed by atoms with Crippen molar-refractivity contribution in [2.75, 3.05) is 5.88 Å². The summed E-state index contributed by atoms with van der Waals surface area (Å²) in [4.78, 5) is 4.44. The second kappa shape index (κ2) is 4.06. The SMILES string of the molecule is Cn1nncc1-c1nc(CCCl)cs1. The first-order valence-electron chi connectivity index (χ1n) is 4.16. The number of rotatable bonds is 3. The van der Waals surface area contributed by atoms with Crippen LogP contribution in [0.2, 0.25) is 0 Å². The van der Waals surface area contributed by atoms with Crippen LogP contribution in [0.5, 0.6) is 0 Å². The van der Waals surface area contributed by atoms with E-state index in [-0.39, 0.29) is 0 Å². The van der Waals surface area contributed by atoms with Gasteiger partial charge in [-0.3, -0.25) is 0 Å². The topological polar surface area (TPSA) is 43.6 Å². The molecule has 0 atom stereocenters. The molecule has 6 heteroatoms. The molecule has 2 aromatic rings. The van der Waals surface area contributed by atoms with E-state index in [4.69, 9.17) is 11.6 Å². The molecular weight excluding hydrogens is 220 g/mol. The van der Waals surface area contributed by atoms with Crippen LogP contribution in [0.15, 0.2) is 11.6 Å². The van der Waals surface area contributed by atoms with Gasteiger partial charge in [-0.05, 0) is 0 Å². The Kier molecular flexibility index (Phi) is 2.79. The molecule has 2 heterocycles. The second-order valence-electron chi connectivity index (χ2n) is 2.83. The van der Waals surface area contributed by atoms with Gasteiger partial charge in [0.15, 0.2) is 0 Å². The van der Waals surface area contributed by atoms with Crippen molar-refractivity contribution >= 4 is 22.9 Å². The highest BCUT2D eigenvalue weighted by molar-refractivity contribution is 7.13. The zero-order valence-electron chi connectivity index (χ0n) is 7.64. The monoisotopic (exact) mass is 228 g/mol. The Labute approximate surface area is 90.5 Å². The van der Waals surface area contributed by atoms with Gasteiger partial charge in [-0.2, -0.15) is 0 Å². The van der Waals surface area contributed by atoms with Crippen LogP contribution in [0.1, 0.15) is 5.69 Å². The Morgan fingerprint density at radius 1 is 1.57 bits per heavy atom. The van der Waals surface area contributed by atoms with E-state index in [0.717, 1.165) is 22.8 Å². The molecule has 0 N–H and O–H groups in total. The van der Waals surface area contributed by atoms with E-state index in [1.165, 1.54) is 0 Å². The molecule has 4 nitrogen and oxygen atoms in total. The molecule has 0 aliphatic rings. The maximum atomic E-state index is 5.64. The first-order chi connectivity index (χ1) is 6.81. The summed E-state index contributed by atoms with van der Waals surface area (Å²) in [6, 6.07) is 0. The number of alkyl halides is 1. The van der Waals surface area contributed by atoms with E-state index in [2.05, 4.69) is 15.3 Å². The standard InChI is InChI=1S/C8H9ClN4S/c1-13-7(4-10-12-13)8-11-6(2-3-9)5-14-8/h4-5H,2-3H2,1H3. The van der Waals surface area contributed by atoms with Gasteiger partial charge in [-0.15, -0.1) is 28.0 Å². The Morgan fingerprint density at radius 3 is 3.07 bits per heavy atom. The molecule has 0 spiro atoms. The van der Waals surface area contributed by atoms with Crippen molar-refractivity contribution in [3.63, 3.8) is 0 Å². The molecule has 0 radical (unpaired) electrons. The molecule has 0 saturated heterocycles. The molecule has 0 unspecified atom stereocenters. The van der Waals surface area contributed by atoms with Crippen molar-refractivity contribution in [3.05, 3.63) is 17.3 Å². The summed E-state index contributed by atoms with van der Waals surface area (Å²) in [5.74, 6) is 0.604. The lowest BCUT2D eigenvalue weighted by Crippen LogP contribution is -1.94. The minimum Gasteiger partial charge on any atom is -0.245 e. The van der Waals surface area contributed by atoms with Gasteiger partial charge < -0.3 is 0 Å². The molecular formula is C8H9ClN4S. The second-order valence-corrected chi connectivity index (χ2v) is 4.06. The largest absolute Gasteiger partial charge is 0.245 e. The summed E-state index contributed by atoms with van der Waals surface area (Å²) < 4.78 is 1.71. The normalized spacial score (nSPS) is 10.7. The van der Waals surface area contributed by atoms with E-state index < -0.39 is 0 Å². The number of aryl methyl sites for hydroxylation is 2. The molecule has 14 heavy (non-hydrogen) atoms. The predicted octanol–water partition coefficient (Wildman–Crippen LogP) is 1.72. The molecule has 2 rings (SSSR count). The van der Waals surface area contributed by atoms with E-state index >= 15 is 0 Å². The fourth-order valence-corrected chi connectivity index (χ4v) is 2.21. The predicted molar refractivity (Wildman–Crippen MR) is 56.5 cm³/mol. The minimum atomic E-state index is 0.604. The fourth-order valence-electron chi connectivity index (χ4n) is 1.12. The molecule has 74 valence electrons. The maximum Gasteiger partial charge on any atom is 0.143 e. The van der Waals surface area contributed by atoms with Crippen molar-refractivity contribution in [2.24, 2.45) is 7.05 Å². The van der Waals surface area contributed by atoms with Crippen molar-refractivity contribution < 1.29 is 0 Å². The molecule has 0 bridgehead atoms. The third-order valence-corrected chi connectivity index (χ3v) is 2.94. The smallest absolute Gasteiger partial charge is 0.143 e. The van der Waals surface area contributed by atoms with E-state index in [1.54, 1.807) is 22.2 Å². The summed E-state index contributed by atoms with van der Waals surface area (Å²) in [5, 5.41) is 10.6. The van der Waals surface area contributed by atoms with Crippen LogP contribution in [-0.4, -0.2) is 25.9 Å². The molecule has 0 aromatic carbocycles. The van der Waals surface area contributed by atoms with Crippen LogP contribution < -0.4 is 0 Å². The highest BCUT2D eigenvalue weighted by Crippen LogP contribution is 2.22. The van der Waals surface area contributed by atoms with Gasteiger partial charge in [0.1, 0.15) is 10.7 Å². The number of hydrogen-bond acceptors (Lipinski definition) is 4. The zero-order valence-corrected chi connectivity index (χ0v) is 9.22. The Hall–Kier alpha value is -0.940. The first kappa shape index (κ1) is 9.61. The lowest BCUT2D eigenvalue weighted by atomic mass is 10.4. The summed E-state index contributed by atoms with van der Waals surface area (Å²) in [6.45, 7) is 0. The summed E-state index contributed by atoms with van der Waals surface area (Å²) in [6.07, 6.45) is 2.52. The van der Waals surface area contributed by atoms with Crippen LogP contribution in [0.25, 0.3) is 10.7 Å². The van der Waals surface area contributed by atoms with Gasteiger partial charge in [0.05, 0.1) is 11.9 Å². The molecule has 0 fully saturated rings. The van der Waals surface area contributed by atoms with E-state index in [9.17, 15) is 0 Å². The maximum absolute atomic E-state index is 5.64. The summed E-state index contributed by atoms with van der Waals surface area (Å²) >= 11 is 7.23. The van der Waals surface area contributed by atoms with E-state index in [1.807, 2.05) is 12.4 Å². The number of aromatic nitrogens is 4. The third-order valence-electron chi connectivity index (χ3n) is 1.84. The van der Waals surface area contributed by atoms with Crippen molar-refractivity contribution in [3.8, 4) is 10.7 Å². The lowest BCUT2D eigenvalue weighted by molar-refractivity contribution is 0.720. The quantitative estimate of drug-likeness (QED) is 0.752. The van der Waals surface area contributed by atoms with Gasteiger partial charge in [-0.1, -0.05) is 5.21 Å². The Balaban J connectivity index is 2.29. The van der Waals surface area contributed by atoms with Crippen LogP contribution in [0.3, 0.4) is 0 Å². The highest BCUT2D eigenvalue weighted by Gasteiger charge is 2.08. The van der Waals surface area contributed by atoms with Crippen LogP contribution in [0.4, 0.5) is 0 Å². The summed E-state index contributed by atoms with van der Waals surface area (Å²) in [5.41, 5.74) is 1.97. The molecule has 0 aliphatic heterocycles. The number of hydrogen-bond donors (Lipinski definition) is 0. The van der Waals surface area contributed by atoms with Gasteiger partial charge in [0, 0.05) is 24.7 Å². The average Bonchev–Trinajstić information content (AvgIpc) is 2.74. The molecule has 0 aliphatic carbocycles. The number of halogens is 1. The zero-order chi connectivity index (χ0) is 9.97. The Morgan fingerprint density at radius 2 is 2.43 bits per heavy atom. The van der Waals surface area contributed by atoms with Gasteiger partial charge >= 0.3 is 0 Å². The van der Waals surface area contributed by atoms with Crippen molar-refractivity contribution in [1.82, 2.24) is 20.0 Å². The fraction of sp³-hybridized carbons (Fsp3) is 0.375. The van der Waals surface area contributed by atoms with Gasteiger partial charge in [0.2, 0.25) is 0 Å². The number of nitrogens with zero attached hydrogens (tertiary/aromatic N) is 4. The van der Waals surface area contributed by atoms with E-state index in [0.29, 0.717) is 5.88 Å². The van der Waals surface area contributed by atoms with Gasteiger partial charge in [-0.25, -0.2) is 9.67 Å². The highest BCUT2D eigenvalue weighted by atomic mass is 35.5. The number of thiazole rings is 1. The van der Waals surface area contributed by atoms with Crippen molar-refractivity contribution in [2.45, 2.75) is 6.42 Å². The average molecular weight is 229 g/mol. The summed E-state index contributed by atoms with van der Waals surface area (Å²) in [7, 11) is 1.85. The Bertz CT molecular complexity index is 422. The molecule has 2 aromatic heterocycles. The lowest BCUT2D eigenvalue weighted by Gasteiger charge is -1.93. The van der Waals surface area contributed by atoms with Gasteiger partial charge in [0.25, 0.3) is 0 Å². The van der Waals surface area contributed by atoms with Crippen LogP contribution in [0, 0.1) is 0 Å². The molecule has 0 saturated carbocycles.